The Bertz CT molecular complexity index is 790. The minimum absolute atomic E-state index is 0.112. The second-order valence-electron chi connectivity index (χ2n) is 8.02. The van der Waals surface area contributed by atoms with Crippen molar-refractivity contribution in [2.24, 2.45) is 5.41 Å². The van der Waals surface area contributed by atoms with Gasteiger partial charge in [0.05, 0.1) is 0 Å². The van der Waals surface area contributed by atoms with Crippen molar-refractivity contribution in [3.8, 4) is 0 Å². The molecule has 2 N–H and O–H groups in total. The molecule has 3 aliphatic carbocycles. The topological polar surface area (TPSA) is 80.6 Å². The molecule has 6 rings (SSSR count). The molecule has 3 aliphatic heterocycles. The van der Waals surface area contributed by atoms with Crippen molar-refractivity contribution in [3.05, 3.63) is 35.1 Å². The molecule has 7 nitrogen and oxygen atoms in total. The van der Waals surface area contributed by atoms with Gasteiger partial charge in [0, 0.05) is 25.1 Å². The van der Waals surface area contributed by atoms with Crippen LogP contribution in [0.3, 0.4) is 0 Å². The van der Waals surface area contributed by atoms with Gasteiger partial charge >= 0.3 is 0 Å². The van der Waals surface area contributed by atoms with Crippen LogP contribution in [0.25, 0.3) is 0 Å². The summed E-state index contributed by atoms with van der Waals surface area (Å²) in [5, 5.41) is 22.7. The average molecular weight is 347 g/mol. The van der Waals surface area contributed by atoms with E-state index in [0.29, 0.717) is 25.0 Å². The van der Waals surface area contributed by atoms with Gasteiger partial charge in [0.25, 0.3) is 11.6 Å². The number of aliphatic hydroxyl groups is 2. The molecule has 1 unspecified atom stereocenters. The van der Waals surface area contributed by atoms with Gasteiger partial charge in [0.1, 0.15) is 17.1 Å². The Morgan fingerprint density at radius 3 is 3.00 bits per heavy atom. The highest BCUT2D eigenvalue weighted by Gasteiger charge is 2.83. The molecule has 25 heavy (non-hydrogen) atoms. The maximum absolute atomic E-state index is 11.9. The van der Waals surface area contributed by atoms with Crippen molar-refractivity contribution in [1.82, 2.24) is 4.90 Å². The Balaban J connectivity index is 1.72. The smallest absolute Gasteiger partial charge is 0.282 e. The summed E-state index contributed by atoms with van der Waals surface area (Å²) in [5.74, 6) is -2.07. The summed E-state index contributed by atoms with van der Waals surface area (Å²) < 4.78 is 12.0. The first-order valence-corrected chi connectivity index (χ1v) is 8.80. The molecule has 3 fully saturated rings. The zero-order valence-corrected chi connectivity index (χ0v) is 14.2. The van der Waals surface area contributed by atoms with Gasteiger partial charge in [-0.1, -0.05) is 18.2 Å². The highest BCUT2D eigenvalue weighted by molar-refractivity contribution is 5.59. The van der Waals surface area contributed by atoms with E-state index in [9.17, 15) is 10.2 Å². The van der Waals surface area contributed by atoms with Crippen LogP contribution in [0.4, 0.5) is 0 Å². The minimum Gasteiger partial charge on any atom is -0.454 e. The zero-order chi connectivity index (χ0) is 17.2. The summed E-state index contributed by atoms with van der Waals surface area (Å²) in [4.78, 5) is 13.7. The van der Waals surface area contributed by atoms with Gasteiger partial charge in [0.2, 0.25) is 0 Å². The number of aliphatic hydroxyl groups excluding tert-OH is 1. The molecule has 6 atom stereocenters. The number of ether oxygens (including phenoxy) is 2. The Kier molecular flexibility index (Phi) is 2.40. The van der Waals surface area contributed by atoms with Gasteiger partial charge in [-0.3, -0.25) is 4.90 Å². The maximum atomic E-state index is 11.9. The molecule has 4 bridgehead atoms. The second-order valence-corrected chi connectivity index (χ2v) is 8.02. The van der Waals surface area contributed by atoms with Crippen molar-refractivity contribution in [2.45, 2.75) is 48.6 Å². The lowest BCUT2D eigenvalue weighted by Gasteiger charge is -2.64. The van der Waals surface area contributed by atoms with E-state index < -0.39 is 28.7 Å². The molecule has 134 valence electrons. The van der Waals surface area contributed by atoms with Gasteiger partial charge in [-0.15, -0.1) is 0 Å². The van der Waals surface area contributed by atoms with E-state index in [2.05, 4.69) is 11.0 Å². The molecular formula is C18H21NO6. The molecule has 0 aromatic carbocycles. The number of rotatable bonds is 1. The summed E-state index contributed by atoms with van der Waals surface area (Å²) >= 11 is 0. The normalized spacial score (nSPS) is 55.1. The fraction of sp³-hybridized carbons (Fsp3) is 0.667. The Morgan fingerprint density at radius 1 is 1.36 bits per heavy atom. The van der Waals surface area contributed by atoms with Crippen molar-refractivity contribution >= 4 is 0 Å². The van der Waals surface area contributed by atoms with Crippen molar-refractivity contribution in [3.63, 3.8) is 0 Å². The lowest BCUT2D eigenvalue weighted by atomic mass is 9.47. The standard InChI is InChI=1S/C18H21NO6/c1-19-8-7-15-13-10-3-6-17(22-2)14(13)23-18(15,25-24-17)12(20)4-5-16(15,21)11(19)9-10/h3-5,11-12,20-21H,6-9H2,1-2H3/t11-,12+,15-,16-,17?,18-/m1/s1. The SMILES string of the molecule is COC12CC=C3C[C@H]4N(C)CC[C@]56C3=C1O[C@@]5(OO2)[C@@H](O)C=C[C@@]46O. The van der Waals surface area contributed by atoms with Gasteiger partial charge in [-0.2, -0.15) is 9.78 Å². The average Bonchev–Trinajstić information content (AvgIpc) is 2.90. The largest absolute Gasteiger partial charge is 0.454 e. The first-order chi connectivity index (χ1) is 11.9. The van der Waals surface area contributed by atoms with Crippen LogP contribution in [0, 0.1) is 5.41 Å². The zero-order valence-electron chi connectivity index (χ0n) is 14.2. The molecule has 2 spiro atoms. The van der Waals surface area contributed by atoms with E-state index in [-0.39, 0.29) is 6.04 Å². The molecular weight excluding hydrogens is 326 g/mol. The van der Waals surface area contributed by atoms with E-state index in [4.69, 9.17) is 19.2 Å². The minimum atomic E-state index is -1.48. The van der Waals surface area contributed by atoms with Crippen molar-refractivity contribution in [2.75, 3.05) is 20.7 Å². The van der Waals surface area contributed by atoms with Gasteiger partial charge in [-0.25, -0.2) is 0 Å². The van der Waals surface area contributed by atoms with Crippen LogP contribution in [-0.4, -0.2) is 65.1 Å². The van der Waals surface area contributed by atoms with Crippen LogP contribution in [0.2, 0.25) is 0 Å². The van der Waals surface area contributed by atoms with Crippen molar-refractivity contribution < 1.29 is 29.5 Å². The Labute approximate surface area is 145 Å². The summed E-state index contributed by atoms with van der Waals surface area (Å²) in [6.07, 6.45) is 6.16. The van der Waals surface area contributed by atoms with E-state index in [1.165, 1.54) is 0 Å². The molecule has 0 amide bonds. The summed E-state index contributed by atoms with van der Waals surface area (Å²) in [5.41, 5.74) is -0.0698. The monoisotopic (exact) mass is 347 g/mol. The lowest BCUT2D eigenvalue weighted by Crippen LogP contribution is -2.77. The molecule has 3 heterocycles. The van der Waals surface area contributed by atoms with Crippen LogP contribution in [0.1, 0.15) is 19.3 Å². The lowest BCUT2D eigenvalue weighted by molar-refractivity contribution is -0.552. The van der Waals surface area contributed by atoms with Gasteiger partial charge in [0.15, 0.2) is 5.76 Å². The van der Waals surface area contributed by atoms with E-state index in [1.54, 1.807) is 19.3 Å². The third-order valence-corrected chi connectivity index (χ3v) is 7.31. The van der Waals surface area contributed by atoms with Crippen molar-refractivity contribution in [1.29, 1.82) is 0 Å². The van der Waals surface area contributed by atoms with E-state index in [1.807, 2.05) is 7.05 Å². The van der Waals surface area contributed by atoms with Crippen LogP contribution in [0.5, 0.6) is 0 Å². The molecule has 0 aromatic heterocycles. The number of hydrogen-bond donors (Lipinski definition) is 2. The number of piperidine rings is 1. The third-order valence-electron chi connectivity index (χ3n) is 7.31. The highest BCUT2D eigenvalue weighted by atomic mass is 17.3. The molecule has 6 aliphatic rings. The molecule has 0 radical (unpaired) electrons. The number of hydrogen-bond acceptors (Lipinski definition) is 7. The van der Waals surface area contributed by atoms with Crippen LogP contribution in [-0.2, 0) is 19.2 Å². The summed E-state index contributed by atoms with van der Waals surface area (Å²) in [7, 11) is 3.58. The number of likely N-dealkylation sites (tertiary alicyclic amines) is 1. The van der Waals surface area contributed by atoms with E-state index in [0.717, 1.165) is 17.7 Å². The van der Waals surface area contributed by atoms with Crippen LogP contribution in [0.15, 0.2) is 35.1 Å². The Hall–Kier alpha value is -1.22. The first-order valence-electron chi connectivity index (χ1n) is 8.80. The summed E-state index contributed by atoms with van der Waals surface area (Å²) in [6, 6.07) is -0.112. The number of likely N-dealkylation sites (N-methyl/N-ethyl adjacent to an activating group) is 1. The predicted molar refractivity (Wildman–Crippen MR) is 83.6 cm³/mol. The Morgan fingerprint density at radius 2 is 2.20 bits per heavy atom. The molecule has 2 saturated heterocycles. The highest BCUT2D eigenvalue weighted by Crippen LogP contribution is 2.73. The second kappa shape index (κ2) is 4.03. The van der Waals surface area contributed by atoms with E-state index >= 15 is 0 Å². The fourth-order valence-corrected chi connectivity index (χ4v) is 6.08. The molecule has 1 saturated carbocycles. The predicted octanol–water partition coefficient (Wildman–Crippen LogP) is 0.358. The van der Waals surface area contributed by atoms with Gasteiger partial charge in [-0.05, 0) is 32.0 Å². The number of methoxy groups -OCH3 is 1. The first kappa shape index (κ1) is 14.9. The molecule has 0 aromatic rings. The summed E-state index contributed by atoms with van der Waals surface area (Å²) in [6.45, 7) is 0.770. The number of nitrogens with zero attached hydrogens (tertiary/aromatic N) is 1. The quantitative estimate of drug-likeness (QED) is 0.524. The maximum Gasteiger partial charge on any atom is 0.282 e. The fourth-order valence-electron chi connectivity index (χ4n) is 6.08. The molecule has 7 heteroatoms. The third kappa shape index (κ3) is 1.22. The van der Waals surface area contributed by atoms with Crippen LogP contribution < -0.4 is 0 Å². The van der Waals surface area contributed by atoms with Crippen LogP contribution >= 0.6 is 0 Å². The van der Waals surface area contributed by atoms with Gasteiger partial charge < -0.3 is 19.7 Å².